The third kappa shape index (κ3) is 33.8. The molecule has 0 spiro atoms. The van der Waals surface area contributed by atoms with E-state index in [0.717, 1.165) is 38.9 Å². The third-order valence-corrected chi connectivity index (χ3v) is 21.1. The van der Waals surface area contributed by atoms with Crippen LogP contribution in [0, 0.1) is 53.9 Å². The van der Waals surface area contributed by atoms with Crippen molar-refractivity contribution < 1.29 is 76.3 Å². The van der Waals surface area contributed by atoms with Crippen molar-refractivity contribution in [2.75, 3.05) is 26.4 Å². The summed E-state index contributed by atoms with van der Waals surface area (Å²) in [6.07, 6.45) is 4.03. The van der Waals surface area contributed by atoms with Gasteiger partial charge in [0, 0.05) is 74.4 Å². The zero-order valence-corrected chi connectivity index (χ0v) is 69.8. The maximum atomic E-state index is 13.3. The minimum atomic E-state index is -0.872. The van der Waals surface area contributed by atoms with Gasteiger partial charge in [-0.2, -0.15) is 0 Å². The maximum absolute atomic E-state index is 13.3. The smallest absolute Gasteiger partial charge is 0.251 e. The molecule has 125 heavy (non-hydrogen) atoms. The summed E-state index contributed by atoms with van der Waals surface area (Å²) in [5.74, 6) is -4.80. The fourth-order valence-corrected chi connectivity index (χ4v) is 14.2. The predicted octanol–water partition coefficient (Wildman–Crippen LogP) is 16.2. The minimum Gasteiger partial charge on any atom is -0.396 e. The second-order valence-corrected chi connectivity index (χ2v) is 31.0. The van der Waals surface area contributed by atoms with Crippen molar-refractivity contribution in [3.8, 4) is 0 Å². The number of rotatable bonds is 40. The first-order chi connectivity index (χ1) is 60.6. The number of hydrogen-bond acceptors (Lipinski definition) is 12. The van der Waals surface area contributed by atoms with E-state index in [1.807, 2.05) is 195 Å². The van der Waals surface area contributed by atoms with E-state index in [9.17, 15) is 76.3 Å². The second kappa shape index (κ2) is 51.6. The number of aryl methyl sites for hydroxylation is 1. The van der Waals surface area contributed by atoms with Crippen molar-refractivity contribution in [3.05, 3.63) is 429 Å². The van der Waals surface area contributed by atoms with Gasteiger partial charge in [0.25, 0.3) is 23.6 Å². The average molecular weight is 1690 g/mol. The summed E-state index contributed by atoms with van der Waals surface area (Å²) < 4.78 is 52.9. The highest BCUT2D eigenvalue weighted by atomic mass is 19.1. The number of nitrogens with one attached hydrogen (secondary N) is 4. The molecule has 0 saturated heterocycles. The number of aliphatic hydroxyl groups excluding tert-OH is 4. The van der Waals surface area contributed by atoms with Gasteiger partial charge < -0.3 is 41.7 Å². The Hall–Kier alpha value is -13.2. The molecular weight excluding hydrogens is 1590 g/mol. The highest BCUT2D eigenvalue weighted by Crippen LogP contribution is 2.23. The van der Waals surface area contributed by atoms with Gasteiger partial charge in [0.15, 0.2) is 23.1 Å². The Morgan fingerprint density at radius 3 is 0.608 bits per heavy atom. The summed E-state index contributed by atoms with van der Waals surface area (Å²) in [5.41, 5.74) is 10.2. The van der Waals surface area contributed by atoms with Gasteiger partial charge in [-0.3, -0.25) is 38.4 Å². The largest absolute Gasteiger partial charge is 0.396 e. The van der Waals surface area contributed by atoms with E-state index in [1.54, 1.807) is 72.8 Å². The molecule has 0 aliphatic heterocycles. The van der Waals surface area contributed by atoms with Gasteiger partial charge in [-0.05, 0) is 224 Å². The van der Waals surface area contributed by atoms with E-state index >= 15 is 0 Å². The van der Waals surface area contributed by atoms with Crippen LogP contribution in [0.15, 0.2) is 334 Å². The lowest BCUT2D eigenvalue weighted by Crippen LogP contribution is -2.43. The van der Waals surface area contributed by atoms with Gasteiger partial charge in [0.2, 0.25) is 0 Å². The van der Waals surface area contributed by atoms with Crippen molar-refractivity contribution in [1.29, 1.82) is 0 Å². The molecule has 8 atom stereocenters. The number of carbonyl (C=O) groups excluding carboxylic acids is 8. The Morgan fingerprint density at radius 1 is 0.224 bits per heavy atom. The van der Waals surface area contributed by atoms with Crippen LogP contribution in [0.5, 0.6) is 0 Å². The Kier molecular flexibility index (Phi) is 39.5. The van der Waals surface area contributed by atoms with Crippen LogP contribution in [-0.2, 0) is 70.5 Å². The molecule has 0 fully saturated rings. The van der Waals surface area contributed by atoms with E-state index in [1.165, 1.54) is 78.4 Å². The Balaban J connectivity index is 0.000000189. The van der Waals surface area contributed by atoms with Crippen LogP contribution in [-0.4, -0.2) is 118 Å². The lowest BCUT2D eigenvalue weighted by molar-refractivity contribution is -0.122. The van der Waals surface area contributed by atoms with E-state index in [4.69, 9.17) is 0 Å². The van der Waals surface area contributed by atoms with Crippen molar-refractivity contribution in [2.45, 2.75) is 108 Å². The molecule has 20 heteroatoms. The molecule has 12 rings (SSSR count). The molecule has 4 amide bonds. The van der Waals surface area contributed by atoms with Crippen LogP contribution in [0.25, 0.3) is 0 Å². The number of aliphatic hydroxyl groups is 4. The normalized spacial score (nSPS) is 12.7. The molecule has 0 bridgehead atoms. The van der Waals surface area contributed by atoms with Crippen molar-refractivity contribution in [3.63, 3.8) is 0 Å². The minimum absolute atomic E-state index is 0.0701. The predicted molar refractivity (Wildman–Crippen MR) is 477 cm³/mol. The zero-order valence-electron chi connectivity index (χ0n) is 69.8. The van der Waals surface area contributed by atoms with Gasteiger partial charge in [-0.15, -0.1) is 0 Å². The van der Waals surface area contributed by atoms with E-state index in [2.05, 4.69) is 21.3 Å². The number of amides is 4. The van der Waals surface area contributed by atoms with Gasteiger partial charge >= 0.3 is 0 Å². The monoisotopic (exact) mass is 1690 g/mol. The van der Waals surface area contributed by atoms with Crippen LogP contribution in [0.3, 0.4) is 0 Å². The molecule has 12 aromatic carbocycles. The first-order valence-electron chi connectivity index (χ1n) is 41.7. The lowest BCUT2D eigenvalue weighted by Gasteiger charge is -2.21. The fourth-order valence-electron chi connectivity index (χ4n) is 14.2. The number of ketones is 4. The van der Waals surface area contributed by atoms with Crippen LogP contribution >= 0.6 is 0 Å². The number of halogens is 4. The Bertz CT molecular complexity index is 5270. The number of Topliss-reactive ketones (excluding diaryl/α,β-unsaturated/α-hetero) is 4. The molecule has 646 valence electrons. The summed E-state index contributed by atoms with van der Waals surface area (Å²) in [7, 11) is 0. The maximum Gasteiger partial charge on any atom is 0.251 e. The van der Waals surface area contributed by atoms with Gasteiger partial charge in [0.05, 0.1) is 24.2 Å². The molecule has 0 unspecified atom stereocenters. The molecule has 16 nitrogen and oxygen atoms in total. The molecule has 0 aliphatic carbocycles. The Morgan fingerprint density at radius 2 is 0.392 bits per heavy atom. The third-order valence-electron chi connectivity index (χ3n) is 21.1. The molecule has 12 aromatic rings. The average Bonchev–Trinajstić information content (AvgIpc) is 0.855. The van der Waals surface area contributed by atoms with E-state index in [-0.39, 0.29) is 141 Å². The second-order valence-electron chi connectivity index (χ2n) is 31.0. The van der Waals surface area contributed by atoms with Crippen LogP contribution in [0.1, 0.15) is 117 Å². The topological polar surface area (TPSA) is 266 Å². The summed E-state index contributed by atoms with van der Waals surface area (Å²) in [4.78, 5) is 103. The highest BCUT2D eigenvalue weighted by Gasteiger charge is 2.30. The van der Waals surface area contributed by atoms with Crippen molar-refractivity contribution >= 4 is 46.8 Å². The Labute approximate surface area is 727 Å². The van der Waals surface area contributed by atoms with E-state index < -0.39 is 53.4 Å². The molecule has 0 heterocycles. The summed E-state index contributed by atoms with van der Waals surface area (Å²) in [6, 6.07) is 92.5. The standard InChI is InChI=1S/C27H29NO3.C26H25F2NO3.2C26H26FNO3/c1-20-12-14-22(15-13-20)16-23(19-29)18-26(30)25(17-21-8-4-2-5-9-21)28-27(31)24-10-6-3-7-11-24;27-22-10-6-19(7-11-22)15-24(29-26(32)21-8-12-23(28)13-9-21)25(31)16-20(17-30)14-18-4-2-1-3-5-18;27-23-13-11-20(12-14-23)16-24(28-26(31)22-9-5-2-6-10-22)25(30)17-21(18-29)15-19-7-3-1-4-8-19;27-23-13-11-22(12-14-23)26(31)28-24(16-20-9-5-2-6-10-20)25(30)17-21(18-29)15-19-7-3-1-4-8-19/h2-15,23,25,29H,16-19H2,1H3,(H,28,31);1-13,20,24,30H,14-17H2,(H,29,32);2*1-14,21,24,29H,15-18H2,(H,28,31)/t23-,25+;20-,24+;2*21-,24+/m1111/s1. The van der Waals surface area contributed by atoms with Crippen LogP contribution in [0.2, 0.25) is 0 Å². The SMILES string of the molecule is Cc1ccc(C[C@@H](CO)CC(=O)[C@H](Cc2ccccc2)NC(=O)c2ccccc2)cc1.O=C(N[C@@H](Cc1ccc(F)cc1)C(=O)C[C@H](CO)Cc1ccccc1)c1ccc(F)cc1.O=C(N[C@@H](Cc1ccc(F)cc1)C(=O)C[C@H](CO)Cc1ccccc1)c1ccccc1.O=C(N[C@@H](Cc1ccccc1)C(=O)C[C@H](CO)Cc1ccccc1)c1ccc(F)cc1. The van der Waals surface area contributed by atoms with E-state index in [0.29, 0.717) is 55.2 Å². The first kappa shape index (κ1) is 95.6. The van der Waals surface area contributed by atoms with Crippen molar-refractivity contribution in [2.24, 2.45) is 23.7 Å². The molecule has 0 radical (unpaired) electrons. The summed E-state index contributed by atoms with van der Waals surface area (Å²) >= 11 is 0. The summed E-state index contributed by atoms with van der Waals surface area (Å²) in [5, 5.41) is 50.6. The zero-order chi connectivity index (χ0) is 89.1. The molecule has 8 N–H and O–H groups in total. The summed E-state index contributed by atoms with van der Waals surface area (Å²) in [6.45, 7) is 1.53. The quantitative estimate of drug-likeness (QED) is 0.0167. The van der Waals surface area contributed by atoms with Gasteiger partial charge in [-0.25, -0.2) is 17.6 Å². The first-order valence-corrected chi connectivity index (χ1v) is 41.7. The number of carbonyl (C=O) groups is 8. The van der Waals surface area contributed by atoms with Gasteiger partial charge in [-0.1, -0.05) is 242 Å². The van der Waals surface area contributed by atoms with Gasteiger partial charge in [0.1, 0.15) is 23.3 Å². The molecule has 0 saturated carbocycles. The molecular formula is C105H106F4N4O12. The lowest BCUT2D eigenvalue weighted by atomic mass is 9.90. The molecule has 0 aromatic heterocycles. The highest BCUT2D eigenvalue weighted by molar-refractivity contribution is 6.00. The number of benzene rings is 12. The molecule has 0 aliphatic rings. The van der Waals surface area contributed by atoms with Crippen molar-refractivity contribution in [1.82, 2.24) is 21.3 Å². The number of hydrogen-bond donors (Lipinski definition) is 8. The van der Waals surface area contributed by atoms with Crippen LogP contribution < -0.4 is 21.3 Å². The fraction of sp³-hybridized carbons (Fsp3) is 0.238. The van der Waals surface area contributed by atoms with Crippen LogP contribution in [0.4, 0.5) is 17.6 Å².